The highest BCUT2D eigenvalue weighted by atomic mass is 16.4. The van der Waals surface area contributed by atoms with Gasteiger partial charge in [0, 0.05) is 5.92 Å². The normalized spacial score (nSPS) is 23.9. The van der Waals surface area contributed by atoms with Gasteiger partial charge in [-0.3, -0.25) is 0 Å². The minimum Gasteiger partial charge on any atom is -0.478 e. The van der Waals surface area contributed by atoms with Crippen molar-refractivity contribution >= 4 is 5.97 Å². The largest absolute Gasteiger partial charge is 0.478 e. The number of hydrogen-bond donors (Lipinski definition) is 1. The lowest BCUT2D eigenvalue weighted by molar-refractivity contribution is 0.0694. The third-order valence-corrected chi connectivity index (χ3v) is 3.88. The summed E-state index contributed by atoms with van der Waals surface area (Å²) in [5.41, 5.74) is 1.43. The predicted octanol–water partition coefficient (Wildman–Crippen LogP) is 3.09. The van der Waals surface area contributed by atoms with Crippen LogP contribution in [-0.4, -0.2) is 21.0 Å². The van der Waals surface area contributed by atoms with E-state index in [0.29, 0.717) is 17.3 Å². The number of hydrogen-bond acceptors (Lipinski definition) is 3. The first-order valence-corrected chi connectivity index (χ1v) is 6.57. The van der Waals surface area contributed by atoms with Gasteiger partial charge in [0.15, 0.2) is 0 Å². The van der Waals surface area contributed by atoms with Gasteiger partial charge in [0.05, 0.1) is 11.4 Å². The summed E-state index contributed by atoms with van der Waals surface area (Å²) in [7, 11) is 0. The smallest absolute Gasteiger partial charge is 0.339 e. The van der Waals surface area contributed by atoms with E-state index >= 15 is 0 Å². The summed E-state index contributed by atoms with van der Waals surface area (Å²) in [6.07, 6.45) is 4.67. The molecular weight excluding hydrogens is 228 g/mol. The molecule has 0 unspecified atom stereocenters. The number of nitrogens with zero attached hydrogens (tertiary/aromatic N) is 2. The van der Waals surface area contributed by atoms with Crippen molar-refractivity contribution in [2.45, 2.75) is 52.4 Å². The Kier molecular flexibility index (Phi) is 3.64. The number of carboxylic acid groups (broad SMARTS) is 1. The molecule has 18 heavy (non-hydrogen) atoms. The molecule has 1 aromatic heterocycles. The number of rotatable bonds is 2. The molecule has 1 N–H and O–H groups in total. The molecule has 0 aromatic carbocycles. The predicted molar refractivity (Wildman–Crippen MR) is 68.8 cm³/mol. The summed E-state index contributed by atoms with van der Waals surface area (Å²) in [4.78, 5) is 19.9. The quantitative estimate of drug-likeness (QED) is 0.873. The van der Waals surface area contributed by atoms with Crippen LogP contribution in [0.2, 0.25) is 0 Å². The maximum absolute atomic E-state index is 11.1. The fourth-order valence-corrected chi connectivity index (χ4v) is 2.75. The van der Waals surface area contributed by atoms with E-state index in [1.54, 1.807) is 13.8 Å². The molecule has 4 heteroatoms. The van der Waals surface area contributed by atoms with E-state index in [2.05, 4.69) is 16.9 Å². The molecule has 2 rings (SSSR count). The number of carbonyl (C=O) groups is 1. The van der Waals surface area contributed by atoms with E-state index in [-0.39, 0.29) is 5.56 Å². The zero-order valence-corrected chi connectivity index (χ0v) is 11.2. The van der Waals surface area contributed by atoms with Crippen molar-refractivity contribution in [2.24, 2.45) is 5.92 Å². The number of aromatic nitrogens is 2. The van der Waals surface area contributed by atoms with Crippen LogP contribution in [0, 0.1) is 19.8 Å². The molecule has 1 aromatic rings. The average Bonchev–Trinajstić information content (AvgIpc) is 2.28. The van der Waals surface area contributed by atoms with Crippen molar-refractivity contribution in [3.63, 3.8) is 0 Å². The molecule has 0 atom stereocenters. The Morgan fingerprint density at radius 3 is 2.06 bits per heavy atom. The second-order valence-electron chi connectivity index (χ2n) is 5.39. The van der Waals surface area contributed by atoms with Gasteiger partial charge in [-0.05, 0) is 32.6 Å². The SMILES string of the molecule is Cc1nc(C2CCC(C)CC2)nc(C)c1C(=O)O. The minimum atomic E-state index is -0.936. The molecule has 1 aliphatic carbocycles. The summed E-state index contributed by atoms with van der Waals surface area (Å²) in [5, 5.41) is 9.10. The lowest BCUT2D eigenvalue weighted by atomic mass is 9.82. The molecule has 1 fully saturated rings. The molecular formula is C14H20N2O2. The van der Waals surface area contributed by atoms with Gasteiger partial charge in [-0.2, -0.15) is 0 Å². The van der Waals surface area contributed by atoms with Crippen LogP contribution in [0.15, 0.2) is 0 Å². The van der Waals surface area contributed by atoms with Gasteiger partial charge >= 0.3 is 5.97 Å². The molecule has 4 nitrogen and oxygen atoms in total. The maximum Gasteiger partial charge on any atom is 0.339 e. The number of aromatic carboxylic acids is 1. The van der Waals surface area contributed by atoms with Crippen molar-refractivity contribution in [1.29, 1.82) is 0 Å². The van der Waals surface area contributed by atoms with Gasteiger partial charge in [-0.1, -0.05) is 19.8 Å². The van der Waals surface area contributed by atoms with E-state index < -0.39 is 5.97 Å². The van der Waals surface area contributed by atoms with Crippen molar-refractivity contribution in [1.82, 2.24) is 9.97 Å². The molecule has 0 spiro atoms. The summed E-state index contributed by atoms with van der Waals surface area (Å²) in [5.74, 6) is 1.10. The van der Waals surface area contributed by atoms with Crippen LogP contribution >= 0.6 is 0 Å². The van der Waals surface area contributed by atoms with E-state index in [1.165, 1.54) is 12.8 Å². The van der Waals surface area contributed by atoms with E-state index in [9.17, 15) is 4.79 Å². The highest BCUT2D eigenvalue weighted by Gasteiger charge is 2.24. The monoisotopic (exact) mass is 248 g/mol. The summed E-state index contributed by atoms with van der Waals surface area (Å²) >= 11 is 0. The fourth-order valence-electron chi connectivity index (χ4n) is 2.75. The van der Waals surface area contributed by atoms with Crippen molar-refractivity contribution < 1.29 is 9.90 Å². The van der Waals surface area contributed by atoms with Gasteiger partial charge in [-0.25, -0.2) is 14.8 Å². The fraction of sp³-hybridized carbons (Fsp3) is 0.643. The van der Waals surface area contributed by atoms with Crippen LogP contribution in [0.25, 0.3) is 0 Å². The van der Waals surface area contributed by atoms with E-state index in [4.69, 9.17) is 5.11 Å². The van der Waals surface area contributed by atoms with Crippen molar-refractivity contribution in [3.8, 4) is 0 Å². The van der Waals surface area contributed by atoms with Gasteiger partial charge in [-0.15, -0.1) is 0 Å². The Morgan fingerprint density at radius 1 is 1.11 bits per heavy atom. The van der Waals surface area contributed by atoms with Gasteiger partial charge in [0.2, 0.25) is 0 Å². The second-order valence-corrected chi connectivity index (χ2v) is 5.39. The van der Waals surface area contributed by atoms with Gasteiger partial charge in [0.1, 0.15) is 11.4 Å². The third kappa shape index (κ3) is 2.52. The number of carboxylic acids is 1. The van der Waals surface area contributed by atoms with Crippen LogP contribution in [0.5, 0.6) is 0 Å². The van der Waals surface area contributed by atoms with E-state index in [0.717, 1.165) is 24.6 Å². The third-order valence-electron chi connectivity index (χ3n) is 3.88. The first-order chi connectivity index (χ1) is 8.49. The molecule has 0 bridgehead atoms. The maximum atomic E-state index is 11.1. The lowest BCUT2D eigenvalue weighted by Crippen LogP contribution is -2.16. The van der Waals surface area contributed by atoms with E-state index in [1.807, 2.05) is 0 Å². The first kappa shape index (κ1) is 13.0. The molecule has 1 heterocycles. The Hall–Kier alpha value is -1.45. The molecule has 0 radical (unpaired) electrons. The highest BCUT2D eigenvalue weighted by Crippen LogP contribution is 2.34. The molecule has 0 saturated heterocycles. The topological polar surface area (TPSA) is 63.1 Å². The standard InChI is InChI=1S/C14H20N2O2/c1-8-4-6-11(7-5-8)13-15-9(2)12(14(17)18)10(3)16-13/h8,11H,4-7H2,1-3H3,(H,17,18). The van der Waals surface area contributed by atoms with Crippen LogP contribution in [0.4, 0.5) is 0 Å². The van der Waals surface area contributed by atoms with Crippen molar-refractivity contribution in [2.75, 3.05) is 0 Å². The highest BCUT2D eigenvalue weighted by molar-refractivity contribution is 5.89. The number of aryl methyl sites for hydroxylation is 2. The van der Waals surface area contributed by atoms with Gasteiger partial charge in [0.25, 0.3) is 0 Å². The molecule has 0 amide bonds. The zero-order valence-electron chi connectivity index (χ0n) is 11.2. The Bertz CT molecular complexity index is 440. The average molecular weight is 248 g/mol. The molecule has 1 aliphatic rings. The van der Waals surface area contributed by atoms with Crippen LogP contribution < -0.4 is 0 Å². The van der Waals surface area contributed by atoms with Crippen molar-refractivity contribution in [3.05, 3.63) is 22.8 Å². The zero-order chi connectivity index (χ0) is 13.3. The molecule has 98 valence electrons. The Balaban J connectivity index is 2.28. The van der Waals surface area contributed by atoms with Crippen LogP contribution in [0.1, 0.15) is 66.1 Å². The van der Waals surface area contributed by atoms with Crippen LogP contribution in [0.3, 0.4) is 0 Å². The summed E-state index contributed by atoms with van der Waals surface area (Å²) < 4.78 is 0. The molecule has 1 saturated carbocycles. The lowest BCUT2D eigenvalue weighted by Gasteiger charge is -2.25. The second kappa shape index (κ2) is 5.04. The summed E-state index contributed by atoms with van der Waals surface area (Å²) in [6.45, 7) is 5.79. The minimum absolute atomic E-state index is 0.253. The molecule has 0 aliphatic heterocycles. The van der Waals surface area contributed by atoms with Gasteiger partial charge < -0.3 is 5.11 Å². The Morgan fingerprint density at radius 2 is 1.61 bits per heavy atom. The first-order valence-electron chi connectivity index (χ1n) is 6.57. The van der Waals surface area contributed by atoms with Crippen LogP contribution in [-0.2, 0) is 0 Å². The summed E-state index contributed by atoms with van der Waals surface area (Å²) in [6, 6.07) is 0. The Labute approximate surface area is 107 Å².